The molecule has 0 aliphatic carbocycles. The summed E-state index contributed by atoms with van der Waals surface area (Å²) >= 11 is 0. The molecular formula is C14H20N2O. The normalized spacial score (nSPS) is 12.2. The van der Waals surface area contributed by atoms with E-state index in [4.69, 9.17) is 0 Å². The molecule has 3 nitrogen and oxygen atoms in total. The van der Waals surface area contributed by atoms with Crippen LogP contribution in [0, 0.1) is 0 Å². The second kappa shape index (κ2) is 4.49. The molecule has 17 heavy (non-hydrogen) atoms. The summed E-state index contributed by atoms with van der Waals surface area (Å²) in [5, 5.41) is 15.3. The molecule has 92 valence electrons. The summed E-state index contributed by atoms with van der Waals surface area (Å²) in [7, 11) is 0. The quantitative estimate of drug-likeness (QED) is 0.880. The number of aryl methyl sites for hydroxylation is 2. The maximum atomic E-state index is 9.73. The van der Waals surface area contributed by atoms with Crippen LogP contribution in [0.1, 0.15) is 32.8 Å². The van der Waals surface area contributed by atoms with E-state index in [0.29, 0.717) is 6.42 Å². The fraction of sp³-hybridized carbons (Fsp3) is 0.500. The van der Waals surface area contributed by atoms with Crippen molar-refractivity contribution in [3.8, 4) is 0 Å². The van der Waals surface area contributed by atoms with Crippen molar-refractivity contribution >= 4 is 10.9 Å². The summed E-state index contributed by atoms with van der Waals surface area (Å²) in [6.45, 7) is 6.56. The Morgan fingerprint density at radius 2 is 2.12 bits per heavy atom. The number of nitrogens with zero attached hydrogens (tertiary/aromatic N) is 2. The standard InChI is InChI=1S/C14H20N2O/c1-4-11-5-6-13-12(9-11)10-15-16(13)8-7-14(2,3)17/h5-6,9-10,17H,4,7-8H2,1-3H3. The number of benzene rings is 1. The zero-order chi connectivity index (χ0) is 12.5. The van der Waals surface area contributed by atoms with Gasteiger partial charge in [-0.15, -0.1) is 0 Å². The van der Waals surface area contributed by atoms with Gasteiger partial charge in [-0.2, -0.15) is 5.10 Å². The molecule has 0 radical (unpaired) electrons. The zero-order valence-electron chi connectivity index (χ0n) is 10.8. The van der Waals surface area contributed by atoms with Gasteiger partial charge in [-0.3, -0.25) is 4.68 Å². The molecule has 0 unspecified atom stereocenters. The molecule has 0 amide bonds. The summed E-state index contributed by atoms with van der Waals surface area (Å²) < 4.78 is 1.97. The van der Waals surface area contributed by atoms with Crippen LogP contribution >= 0.6 is 0 Å². The molecule has 0 fully saturated rings. The molecule has 0 saturated heterocycles. The highest BCUT2D eigenvalue weighted by molar-refractivity contribution is 5.79. The van der Waals surface area contributed by atoms with Crippen LogP contribution in [-0.2, 0) is 13.0 Å². The van der Waals surface area contributed by atoms with Crippen molar-refractivity contribution in [2.24, 2.45) is 0 Å². The molecule has 1 aromatic carbocycles. The Morgan fingerprint density at radius 1 is 1.35 bits per heavy atom. The van der Waals surface area contributed by atoms with Crippen molar-refractivity contribution in [3.05, 3.63) is 30.0 Å². The molecule has 0 spiro atoms. The van der Waals surface area contributed by atoms with E-state index in [9.17, 15) is 5.11 Å². The second-order valence-corrected chi connectivity index (χ2v) is 5.18. The van der Waals surface area contributed by atoms with Gasteiger partial charge in [0, 0.05) is 11.9 Å². The average Bonchev–Trinajstić information content (AvgIpc) is 2.67. The van der Waals surface area contributed by atoms with Crippen molar-refractivity contribution in [2.45, 2.75) is 45.8 Å². The molecule has 0 bridgehead atoms. The summed E-state index contributed by atoms with van der Waals surface area (Å²) in [5.41, 5.74) is 1.84. The van der Waals surface area contributed by atoms with Gasteiger partial charge in [-0.1, -0.05) is 13.0 Å². The lowest BCUT2D eigenvalue weighted by atomic mass is 10.1. The molecule has 0 aliphatic rings. The van der Waals surface area contributed by atoms with Crippen LogP contribution in [0.2, 0.25) is 0 Å². The van der Waals surface area contributed by atoms with Gasteiger partial charge in [0.25, 0.3) is 0 Å². The number of aromatic nitrogens is 2. The van der Waals surface area contributed by atoms with Crippen molar-refractivity contribution in [3.63, 3.8) is 0 Å². The molecular weight excluding hydrogens is 212 g/mol. The number of rotatable bonds is 4. The van der Waals surface area contributed by atoms with Gasteiger partial charge in [-0.25, -0.2) is 0 Å². The van der Waals surface area contributed by atoms with E-state index in [1.54, 1.807) is 0 Å². The molecule has 0 aliphatic heterocycles. The molecule has 3 heteroatoms. The van der Waals surface area contributed by atoms with Gasteiger partial charge < -0.3 is 5.11 Å². The van der Waals surface area contributed by atoms with Crippen LogP contribution in [0.3, 0.4) is 0 Å². The average molecular weight is 232 g/mol. The van der Waals surface area contributed by atoms with E-state index in [-0.39, 0.29) is 0 Å². The Bertz CT molecular complexity index is 508. The van der Waals surface area contributed by atoms with Gasteiger partial charge in [0.1, 0.15) is 0 Å². The smallest absolute Gasteiger partial charge is 0.0682 e. The predicted octanol–water partition coefficient (Wildman–Crippen LogP) is 2.76. The number of hydrogen-bond acceptors (Lipinski definition) is 2. The minimum absolute atomic E-state index is 0.637. The Labute approximate surface area is 102 Å². The van der Waals surface area contributed by atoms with Crippen molar-refractivity contribution < 1.29 is 5.11 Å². The van der Waals surface area contributed by atoms with E-state index in [1.807, 2.05) is 24.7 Å². The lowest BCUT2D eigenvalue weighted by molar-refractivity contribution is 0.0655. The fourth-order valence-electron chi connectivity index (χ4n) is 1.91. The van der Waals surface area contributed by atoms with E-state index in [0.717, 1.165) is 18.5 Å². The summed E-state index contributed by atoms with van der Waals surface area (Å²) in [4.78, 5) is 0. The molecule has 0 atom stereocenters. The molecule has 1 heterocycles. The first-order valence-corrected chi connectivity index (χ1v) is 6.16. The zero-order valence-corrected chi connectivity index (χ0v) is 10.8. The highest BCUT2D eigenvalue weighted by Crippen LogP contribution is 2.18. The summed E-state index contributed by atoms with van der Waals surface area (Å²) in [6, 6.07) is 6.44. The lowest BCUT2D eigenvalue weighted by Gasteiger charge is -2.16. The van der Waals surface area contributed by atoms with E-state index < -0.39 is 5.60 Å². The van der Waals surface area contributed by atoms with Crippen LogP contribution in [0.15, 0.2) is 24.4 Å². The third-order valence-corrected chi connectivity index (χ3v) is 3.05. The van der Waals surface area contributed by atoms with Crippen molar-refractivity contribution in [1.29, 1.82) is 0 Å². The van der Waals surface area contributed by atoms with Crippen LogP contribution in [0.25, 0.3) is 10.9 Å². The van der Waals surface area contributed by atoms with Gasteiger partial charge in [-0.05, 0) is 44.4 Å². The third kappa shape index (κ3) is 2.86. The molecule has 1 aromatic heterocycles. The molecule has 0 saturated carbocycles. The Balaban J connectivity index is 2.24. The topological polar surface area (TPSA) is 38.0 Å². The van der Waals surface area contributed by atoms with Crippen molar-refractivity contribution in [1.82, 2.24) is 9.78 Å². The SMILES string of the molecule is CCc1ccc2c(cnn2CCC(C)(C)O)c1. The number of hydrogen-bond donors (Lipinski definition) is 1. The van der Waals surface area contributed by atoms with E-state index in [2.05, 4.69) is 30.2 Å². The first kappa shape index (κ1) is 12.1. The maximum absolute atomic E-state index is 9.73. The Kier molecular flexibility index (Phi) is 3.20. The number of fused-ring (bicyclic) bond motifs is 1. The minimum Gasteiger partial charge on any atom is -0.390 e. The van der Waals surface area contributed by atoms with Crippen molar-refractivity contribution in [2.75, 3.05) is 0 Å². The molecule has 2 rings (SSSR count). The highest BCUT2D eigenvalue weighted by atomic mass is 16.3. The van der Waals surface area contributed by atoms with Gasteiger partial charge in [0.05, 0.1) is 17.3 Å². The highest BCUT2D eigenvalue weighted by Gasteiger charge is 2.13. The fourth-order valence-corrected chi connectivity index (χ4v) is 1.91. The lowest BCUT2D eigenvalue weighted by Crippen LogP contribution is -2.21. The summed E-state index contributed by atoms with van der Waals surface area (Å²) in [6.07, 6.45) is 3.66. The first-order chi connectivity index (χ1) is 7.99. The van der Waals surface area contributed by atoms with Crippen LogP contribution in [-0.4, -0.2) is 20.5 Å². The van der Waals surface area contributed by atoms with Gasteiger partial charge >= 0.3 is 0 Å². The van der Waals surface area contributed by atoms with Crippen LogP contribution < -0.4 is 0 Å². The van der Waals surface area contributed by atoms with E-state index >= 15 is 0 Å². The van der Waals surface area contributed by atoms with Gasteiger partial charge in [0.2, 0.25) is 0 Å². The maximum Gasteiger partial charge on any atom is 0.0682 e. The third-order valence-electron chi connectivity index (χ3n) is 3.05. The largest absolute Gasteiger partial charge is 0.390 e. The Morgan fingerprint density at radius 3 is 2.76 bits per heavy atom. The monoisotopic (exact) mass is 232 g/mol. The second-order valence-electron chi connectivity index (χ2n) is 5.18. The number of aliphatic hydroxyl groups is 1. The van der Waals surface area contributed by atoms with Gasteiger partial charge in [0.15, 0.2) is 0 Å². The van der Waals surface area contributed by atoms with Crippen LogP contribution in [0.5, 0.6) is 0 Å². The van der Waals surface area contributed by atoms with Crippen LogP contribution in [0.4, 0.5) is 0 Å². The molecule has 2 aromatic rings. The predicted molar refractivity (Wildman–Crippen MR) is 70.0 cm³/mol. The minimum atomic E-state index is -0.637. The Hall–Kier alpha value is -1.35. The van der Waals surface area contributed by atoms with E-state index in [1.165, 1.54) is 10.9 Å². The first-order valence-electron chi connectivity index (χ1n) is 6.16. The summed E-state index contributed by atoms with van der Waals surface area (Å²) in [5.74, 6) is 0. The molecule has 1 N–H and O–H groups in total.